The molecule has 0 amide bonds. The van der Waals surface area contributed by atoms with E-state index in [1.807, 2.05) is 0 Å². The van der Waals surface area contributed by atoms with Crippen molar-refractivity contribution in [2.75, 3.05) is 33.4 Å². The van der Waals surface area contributed by atoms with Gasteiger partial charge in [-0.3, -0.25) is 0 Å². The SMILES string of the molecule is COCCCNC(=S)N1CCCCC1. The van der Waals surface area contributed by atoms with Gasteiger partial charge in [-0.25, -0.2) is 0 Å². The Kier molecular flexibility index (Phi) is 5.87. The largest absolute Gasteiger partial charge is 0.385 e. The van der Waals surface area contributed by atoms with E-state index in [1.54, 1.807) is 7.11 Å². The molecule has 1 fully saturated rings. The summed E-state index contributed by atoms with van der Waals surface area (Å²) in [5, 5.41) is 4.18. The maximum atomic E-state index is 5.30. The number of rotatable bonds is 4. The van der Waals surface area contributed by atoms with Crippen molar-refractivity contribution in [3.05, 3.63) is 0 Å². The first kappa shape index (κ1) is 11.7. The van der Waals surface area contributed by atoms with Gasteiger partial charge in [0.25, 0.3) is 0 Å². The molecule has 82 valence electrons. The Morgan fingerprint density at radius 2 is 2.07 bits per heavy atom. The van der Waals surface area contributed by atoms with Gasteiger partial charge in [0.1, 0.15) is 0 Å². The fourth-order valence-electron chi connectivity index (χ4n) is 1.62. The Morgan fingerprint density at radius 3 is 2.71 bits per heavy atom. The molecule has 1 saturated heterocycles. The third kappa shape index (κ3) is 4.24. The van der Waals surface area contributed by atoms with Crippen LogP contribution < -0.4 is 5.32 Å². The number of thiocarbonyl (C=S) groups is 1. The lowest BCUT2D eigenvalue weighted by molar-refractivity contribution is 0.195. The number of ether oxygens (including phenoxy) is 1. The molecule has 1 rings (SSSR count). The summed E-state index contributed by atoms with van der Waals surface area (Å²) in [6.45, 7) is 3.96. The zero-order valence-corrected chi connectivity index (χ0v) is 9.74. The van der Waals surface area contributed by atoms with Gasteiger partial charge in [-0.15, -0.1) is 0 Å². The van der Waals surface area contributed by atoms with Crippen LogP contribution in [0.15, 0.2) is 0 Å². The lowest BCUT2D eigenvalue weighted by Crippen LogP contribution is -2.42. The molecule has 0 saturated carbocycles. The van der Waals surface area contributed by atoms with Crippen LogP contribution in [-0.4, -0.2) is 43.4 Å². The highest BCUT2D eigenvalue weighted by molar-refractivity contribution is 7.80. The number of nitrogens with zero attached hydrogens (tertiary/aromatic N) is 1. The van der Waals surface area contributed by atoms with E-state index in [-0.39, 0.29) is 0 Å². The predicted octanol–water partition coefficient (Wildman–Crippen LogP) is 1.38. The molecule has 0 unspecified atom stereocenters. The summed E-state index contributed by atoms with van der Waals surface area (Å²) >= 11 is 5.30. The minimum Gasteiger partial charge on any atom is -0.385 e. The van der Waals surface area contributed by atoms with Crippen LogP contribution in [0.1, 0.15) is 25.7 Å². The third-order valence-electron chi connectivity index (χ3n) is 2.44. The fraction of sp³-hybridized carbons (Fsp3) is 0.900. The molecule has 4 heteroatoms. The van der Waals surface area contributed by atoms with Crippen LogP contribution in [0.4, 0.5) is 0 Å². The second-order valence-corrected chi connectivity index (χ2v) is 4.01. The van der Waals surface area contributed by atoms with Crippen molar-refractivity contribution in [3.63, 3.8) is 0 Å². The third-order valence-corrected chi connectivity index (χ3v) is 2.85. The van der Waals surface area contributed by atoms with E-state index in [1.165, 1.54) is 19.3 Å². The van der Waals surface area contributed by atoms with Gasteiger partial charge in [0, 0.05) is 33.4 Å². The Labute approximate surface area is 91.8 Å². The second kappa shape index (κ2) is 7.01. The van der Waals surface area contributed by atoms with E-state index < -0.39 is 0 Å². The van der Waals surface area contributed by atoms with Crippen molar-refractivity contribution in [2.24, 2.45) is 0 Å². The monoisotopic (exact) mass is 216 g/mol. The zero-order chi connectivity index (χ0) is 10.2. The van der Waals surface area contributed by atoms with Crippen LogP contribution in [0.3, 0.4) is 0 Å². The number of hydrogen-bond acceptors (Lipinski definition) is 2. The topological polar surface area (TPSA) is 24.5 Å². The normalized spacial score (nSPS) is 16.8. The minimum atomic E-state index is 0.801. The van der Waals surface area contributed by atoms with Crippen LogP contribution in [-0.2, 0) is 4.74 Å². The highest BCUT2D eigenvalue weighted by Crippen LogP contribution is 2.08. The highest BCUT2D eigenvalue weighted by Gasteiger charge is 2.12. The van der Waals surface area contributed by atoms with E-state index in [4.69, 9.17) is 17.0 Å². The Morgan fingerprint density at radius 1 is 1.36 bits per heavy atom. The predicted molar refractivity (Wildman–Crippen MR) is 62.5 cm³/mol. The maximum Gasteiger partial charge on any atom is 0.168 e. The smallest absolute Gasteiger partial charge is 0.168 e. The molecule has 0 aliphatic carbocycles. The fourth-order valence-corrected chi connectivity index (χ4v) is 1.91. The van der Waals surface area contributed by atoms with Crippen LogP contribution >= 0.6 is 12.2 Å². The lowest BCUT2D eigenvalue weighted by atomic mass is 10.1. The van der Waals surface area contributed by atoms with Crippen molar-refractivity contribution >= 4 is 17.3 Å². The number of nitrogens with one attached hydrogen (secondary N) is 1. The van der Waals surface area contributed by atoms with E-state index >= 15 is 0 Å². The molecule has 1 aliphatic rings. The average molecular weight is 216 g/mol. The van der Waals surface area contributed by atoms with E-state index in [2.05, 4.69) is 10.2 Å². The summed E-state index contributed by atoms with van der Waals surface area (Å²) < 4.78 is 4.97. The highest BCUT2D eigenvalue weighted by atomic mass is 32.1. The summed E-state index contributed by atoms with van der Waals surface area (Å²) in [4.78, 5) is 2.27. The summed E-state index contributed by atoms with van der Waals surface area (Å²) in [5.74, 6) is 0. The first-order valence-electron chi connectivity index (χ1n) is 5.36. The summed E-state index contributed by atoms with van der Waals surface area (Å²) in [6, 6.07) is 0. The molecule has 0 spiro atoms. The molecular weight excluding hydrogens is 196 g/mol. The average Bonchev–Trinajstić information content (AvgIpc) is 2.25. The van der Waals surface area contributed by atoms with E-state index in [0.29, 0.717) is 0 Å². The molecular formula is C10H20N2OS. The van der Waals surface area contributed by atoms with Crippen molar-refractivity contribution in [2.45, 2.75) is 25.7 Å². The summed E-state index contributed by atoms with van der Waals surface area (Å²) in [7, 11) is 1.73. The molecule has 0 atom stereocenters. The van der Waals surface area contributed by atoms with Crippen molar-refractivity contribution in [3.8, 4) is 0 Å². The van der Waals surface area contributed by atoms with Gasteiger partial charge in [0.15, 0.2) is 5.11 Å². The molecule has 0 aromatic heterocycles. The number of methoxy groups -OCH3 is 1. The first-order chi connectivity index (χ1) is 6.84. The molecule has 1 heterocycles. The molecule has 0 radical (unpaired) electrons. The molecule has 1 aliphatic heterocycles. The Hall–Kier alpha value is -0.350. The number of likely N-dealkylation sites (tertiary alicyclic amines) is 1. The summed E-state index contributed by atoms with van der Waals surface area (Å²) in [5.41, 5.74) is 0. The molecule has 0 bridgehead atoms. The van der Waals surface area contributed by atoms with Crippen molar-refractivity contribution in [1.29, 1.82) is 0 Å². The standard InChI is InChI=1S/C10H20N2OS/c1-13-9-5-6-11-10(14)12-7-3-2-4-8-12/h2-9H2,1H3,(H,11,14). The number of hydrogen-bond donors (Lipinski definition) is 1. The van der Waals surface area contributed by atoms with Crippen LogP contribution in [0.2, 0.25) is 0 Å². The lowest BCUT2D eigenvalue weighted by Gasteiger charge is -2.29. The van der Waals surface area contributed by atoms with Crippen molar-refractivity contribution < 1.29 is 4.74 Å². The Bertz CT molecular complexity index is 170. The zero-order valence-electron chi connectivity index (χ0n) is 8.92. The van der Waals surface area contributed by atoms with Crippen LogP contribution in [0.25, 0.3) is 0 Å². The van der Waals surface area contributed by atoms with E-state index in [9.17, 15) is 0 Å². The molecule has 3 nitrogen and oxygen atoms in total. The molecule has 14 heavy (non-hydrogen) atoms. The van der Waals surface area contributed by atoms with Gasteiger partial charge >= 0.3 is 0 Å². The van der Waals surface area contributed by atoms with Crippen LogP contribution in [0, 0.1) is 0 Å². The van der Waals surface area contributed by atoms with Gasteiger partial charge in [0.05, 0.1) is 0 Å². The Balaban J connectivity index is 2.07. The molecule has 1 N–H and O–H groups in total. The minimum absolute atomic E-state index is 0.801. The second-order valence-electron chi connectivity index (χ2n) is 3.63. The van der Waals surface area contributed by atoms with Crippen molar-refractivity contribution in [1.82, 2.24) is 10.2 Å². The van der Waals surface area contributed by atoms with Gasteiger partial charge in [-0.1, -0.05) is 0 Å². The molecule has 0 aromatic rings. The first-order valence-corrected chi connectivity index (χ1v) is 5.77. The van der Waals surface area contributed by atoms with Gasteiger partial charge in [-0.05, 0) is 37.9 Å². The maximum absolute atomic E-state index is 5.30. The van der Waals surface area contributed by atoms with Gasteiger partial charge in [0.2, 0.25) is 0 Å². The van der Waals surface area contributed by atoms with Crippen LogP contribution in [0.5, 0.6) is 0 Å². The summed E-state index contributed by atoms with van der Waals surface area (Å²) in [6.07, 6.45) is 4.92. The van der Waals surface area contributed by atoms with E-state index in [0.717, 1.165) is 37.8 Å². The van der Waals surface area contributed by atoms with Gasteiger partial charge in [-0.2, -0.15) is 0 Å². The quantitative estimate of drug-likeness (QED) is 0.567. The molecule has 0 aromatic carbocycles. The van der Waals surface area contributed by atoms with Gasteiger partial charge < -0.3 is 15.0 Å². The number of piperidine rings is 1.